The molecule has 5 aromatic carbocycles. The summed E-state index contributed by atoms with van der Waals surface area (Å²) in [6.07, 6.45) is 2.06. The van der Waals surface area contributed by atoms with Crippen LogP contribution in [0.3, 0.4) is 0 Å². The van der Waals surface area contributed by atoms with Crippen molar-refractivity contribution in [3.8, 4) is 0 Å². The van der Waals surface area contributed by atoms with Crippen LogP contribution in [0, 0.1) is 0 Å². The third-order valence-electron chi connectivity index (χ3n) is 7.22. The predicted octanol–water partition coefficient (Wildman–Crippen LogP) is 9.85. The topological polar surface area (TPSA) is 3.24 Å². The summed E-state index contributed by atoms with van der Waals surface area (Å²) in [6.45, 7) is 4.61. The second-order valence-corrected chi connectivity index (χ2v) is 10.0. The Morgan fingerprint density at radius 2 is 0.730 bits per heavy atom. The molecule has 2 unspecified atom stereocenters. The Morgan fingerprint density at radius 1 is 0.405 bits per heavy atom. The number of hydrogen-bond acceptors (Lipinski definition) is 1. The van der Waals surface area contributed by atoms with Crippen molar-refractivity contribution < 1.29 is 0 Å². The van der Waals surface area contributed by atoms with Crippen molar-refractivity contribution in [2.75, 3.05) is 4.90 Å². The molecular weight excluding hydrogens is 446 g/mol. The molecule has 0 spiro atoms. The van der Waals surface area contributed by atoms with E-state index in [0.29, 0.717) is 11.8 Å². The van der Waals surface area contributed by atoms with Crippen LogP contribution in [0.25, 0.3) is 0 Å². The molecule has 0 fully saturated rings. The zero-order valence-corrected chi connectivity index (χ0v) is 21.8. The van der Waals surface area contributed by atoms with E-state index in [1.165, 1.54) is 39.3 Å². The van der Waals surface area contributed by atoms with Gasteiger partial charge in [-0.3, -0.25) is 0 Å². The highest BCUT2D eigenvalue weighted by molar-refractivity contribution is 5.76. The van der Waals surface area contributed by atoms with Gasteiger partial charge in [0.1, 0.15) is 0 Å². The Hall–Kier alpha value is -4.10. The quantitative estimate of drug-likeness (QED) is 0.202. The Kier molecular flexibility index (Phi) is 7.81. The van der Waals surface area contributed by atoms with Crippen molar-refractivity contribution in [1.82, 2.24) is 0 Å². The Bertz CT molecular complexity index is 1270. The fourth-order valence-electron chi connectivity index (χ4n) is 5.09. The van der Waals surface area contributed by atoms with Crippen molar-refractivity contribution in [1.29, 1.82) is 0 Å². The number of rotatable bonds is 9. The number of anilines is 3. The molecule has 5 rings (SSSR count). The predicted molar refractivity (Wildman–Crippen MR) is 158 cm³/mol. The maximum Gasteiger partial charge on any atom is 0.0461 e. The molecule has 5 aromatic rings. The first-order chi connectivity index (χ1) is 18.2. The summed E-state index contributed by atoms with van der Waals surface area (Å²) in [5.74, 6) is 0.978. The van der Waals surface area contributed by atoms with Crippen LogP contribution in [-0.4, -0.2) is 0 Å². The van der Waals surface area contributed by atoms with Crippen molar-refractivity contribution in [3.63, 3.8) is 0 Å². The largest absolute Gasteiger partial charge is 0.311 e. The number of benzene rings is 5. The van der Waals surface area contributed by atoms with Crippen molar-refractivity contribution in [2.24, 2.45) is 0 Å². The van der Waals surface area contributed by atoms with Crippen molar-refractivity contribution in [3.05, 3.63) is 162 Å². The molecule has 0 radical (unpaired) electrons. The van der Waals surface area contributed by atoms with Gasteiger partial charge in [0.15, 0.2) is 0 Å². The molecule has 0 N–H and O–H groups in total. The van der Waals surface area contributed by atoms with Crippen LogP contribution in [0.5, 0.6) is 0 Å². The SMILES string of the molecule is CC(Cc1ccc(N(c2ccccc2)c2ccc(CC(C)c3ccccc3)cc2)cc1)c1ccccc1. The average molecular weight is 482 g/mol. The lowest BCUT2D eigenvalue weighted by Crippen LogP contribution is -2.10. The van der Waals surface area contributed by atoms with Crippen LogP contribution >= 0.6 is 0 Å². The van der Waals surface area contributed by atoms with E-state index in [2.05, 4.69) is 158 Å². The van der Waals surface area contributed by atoms with Gasteiger partial charge in [-0.15, -0.1) is 0 Å². The van der Waals surface area contributed by atoms with E-state index in [9.17, 15) is 0 Å². The average Bonchev–Trinajstić information content (AvgIpc) is 2.96. The van der Waals surface area contributed by atoms with Crippen LogP contribution in [0.4, 0.5) is 17.1 Å². The summed E-state index contributed by atoms with van der Waals surface area (Å²) in [5, 5.41) is 0. The molecule has 0 saturated heterocycles. The van der Waals surface area contributed by atoms with Crippen LogP contribution in [0.2, 0.25) is 0 Å². The van der Waals surface area contributed by atoms with Crippen LogP contribution in [0.1, 0.15) is 47.9 Å². The lowest BCUT2D eigenvalue weighted by Gasteiger charge is -2.26. The third-order valence-corrected chi connectivity index (χ3v) is 7.22. The normalized spacial score (nSPS) is 12.6. The zero-order chi connectivity index (χ0) is 25.5. The molecular formula is C36H35N. The maximum absolute atomic E-state index is 2.34. The Morgan fingerprint density at radius 3 is 1.11 bits per heavy atom. The lowest BCUT2D eigenvalue weighted by molar-refractivity contribution is 0.759. The molecule has 0 aliphatic carbocycles. The molecule has 2 atom stereocenters. The summed E-state index contributed by atoms with van der Waals surface area (Å²) in [4.78, 5) is 2.34. The fraction of sp³-hybridized carbons (Fsp3) is 0.167. The highest BCUT2D eigenvalue weighted by atomic mass is 15.1. The maximum atomic E-state index is 2.34. The molecule has 37 heavy (non-hydrogen) atoms. The Balaban J connectivity index is 1.36. The second-order valence-electron chi connectivity index (χ2n) is 10.0. The highest BCUT2D eigenvalue weighted by Crippen LogP contribution is 2.35. The van der Waals surface area contributed by atoms with Crippen LogP contribution in [-0.2, 0) is 12.8 Å². The fourth-order valence-corrected chi connectivity index (χ4v) is 5.09. The van der Waals surface area contributed by atoms with Crippen molar-refractivity contribution in [2.45, 2.75) is 38.5 Å². The molecule has 0 saturated carbocycles. The summed E-state index contributed by atoms with van der Waals surface area (Å²) in [7, 11) is 0. The van der Waals surface area contributed by atoms with Gasteiger partial charge < -0.3 is 4.90 Å². The highest BCUT2D eigenvalue weighted by Gasteiger charge is 2.14. The minimum absolute atomic E-state index is 0.489. The van der Waals surface area contributed by atoms with Crippen LogP contribution < -0.4 is 4.90 Å². The van der Waals surface area contributed by atoms with E-state index in [1.54, 1.807) is 0 Å². The summed E-state index contributed by atoms with van der Waals surface area (Å²) >= 11 is 0. The van der Waals surface area contributed by atoms with Gasteiger partial charge in [0.05, 0.1) is 0 Å². The van der Waals surface area contributed by atoms with Gasteiger partial charge in [0, 0.05) is 17.1 Å². The van der Waals surface area contributed by atoms with Gasteiger partial charge >= 0.3 is 0 Å². The standard InChI is InChI=1S/C36H35N/c1-28(32-12-6-3-7-13-32)26-30-18-22-35(23-19-30)37(34-16-10-5-11-17-34)36-24-20-31(21-25-36)27-29(2)33-14-8-4-9-15-33/h3-25,28-29H,26-27H2,1-2H3. The number of nitrogens with zero attached hydrogens (tertiary/aromatic N) is 1. The van der Waals surface area contributed by atoms with Crippen LogP contribution in [0.15, 0.2) is 140 Å². The third kappa shape index (κ3) is 6.19. The van der Waals surface area contributed by atoms with Crippen molar-refractivity contribution >= 4 is 17.1 Å². The van der Waals surface area contributed by atoms with E-state index in [0.717, 1.165) is 12.8 Å². The first-order valence-electron chi connectivity index (χ1n) is 13.3. The van der Waals surface area contributed by atoms with E-state index in [1.807, 2.05) is 0 Å². The molecule has 0 amide bonds. The Labute approximate surface area is 222 Å². The minimum atomic E-state index is 0.489. The first kappa shape index (κ1) is 24.6. The molecule has 1 heteroatoms. The van der Waals surface area contributed by atoms with Gasteiger partial charge in [0.25, 0.3) is 0 Å². The molecule has 0 heterocycles. The van der Waals surface area contributed by atoms with Gasteiger partial charge in [-0.05, 0) is 83.3 Å². The van der Waals surface area contributed by atoms with E-state index in [-0.39, 0.29) is 0 Å². The second kappa shape index (κ2) is 11.8. The first-order valence-corrected chi connectivity index (χ1v) is 13.3. The van der Waals surface area contributed by atoms with Gasteiger partial charge in [0.2, 0.25) is 0 Å². The molecule has 0 bridgehead atoms. The van der Waals surface area contributed by atoms with Gasteiger partial charge in [-0.25, -0.2) is 0 Å². The molecule has 1 nitrogen and oxygen atoms in total. The van der Waals surface area contributed by atoms with E-state index >= 15 is 0 Å². The molecule has 0 aromatic heterocycles. The summed E-state index contributed by atoms with van der Waals surface area (Å²) in [6, 6.07) is 50.3. The molecule has 0 aliphatic rings. The monoisotopic (exact) mass is 481 g/mol. The van der Waals surface area contributed by atoms with Gasteiger partial charge in [-0.2, -0.15) is 0 Å². The summed E-state index contributed by atoms with van der Waals surface area (Å²) < 4.78 is 0. The zero-order valence-electron chi connectivity index (χ0n) is 21.8. The van der Waals surface area contributed by atoms with Gasteiger partial charge in [-0.1, -0.05) is 117 Å². The smallest absolute Gasteiger partial charge is 0.0461 e. The lowest BCUT2D eigenvalue weighted by atomic mass is 9.93. The summed E-state index contributed by atoms with van der Waals surface area (Å²) in [5.41, 5.74) is 9.01. The number of para-hydroxylation sites is 1. The molecule has 0 aliphatic heterocycles. The number of hydrogen-bond donors (Lipinski definition) is 0. The van der Waals surface area contributed by atoms with E-state index in [4.69, 9.17) is 0 Å². The molecule has 184 valence electrons. The van der Waals surface area contributed by atoms with E-state index < -0.39 is 0 Å². The minimum Gasteiger partial charge on any atom is -0.311 e.